The maximum Gasteiger partial charge on any atom is 0.280 e. The lowest BCUT2D eigenvalue weighted by Crippen LogP contribution is -2.52. The number of ether oxygens (including phenoxy) is 1. The van der Waals surface area contributed by atoms with Gasteiger partial charge >= 0.3 is 0 Å². The van der Waals surface area contributed by atoms with Gasteiger partial charge in [0.1, 0.15) is 5.76 Å². The van der Waals surface area contributed by atoms with E-state index in [0.29, 0.717) is 25.1 Å². The molecule has 0 spiro atoms. The molecule has 7 nitrogen and oxygen atoms in total. The summed E-state index contributed by atoms with van der Waals surface area (Å²) in [6, 6.07) is 1.30. The first kappa shape index (κ1) is 15.3. The van der Waals surface area contributed by atoms with Crippen LogP contribution in [0.4, 0.5) is 0 Å². The quantitative estimate of drug-likeness (QED) is 0.841. The second-order valence-corrected chi connectivity index (χ2v) is 6.23. The Morgan fingerprint density at radius 2 is 2.41 bits per heavy atom. The average molecular weight is 310 g/mol. The fourth-order valence-electron chi connectivity index (χ4n) is 3.79. The van der Waals surface area contributed by atoms with Crippen molar-refractivity contribution in [1.29, 1.82) is 0 Å². The van der Waals surface area contributed by atoms with E-state index in [4.69, 9.17) is 9.26 Å². The highest BCUT2D eigenvalue weighted by Gasteiger charge is 2.52. The molecule has 122 valence electrons. The Bertz CT molecular complexity index is 595. The maximum atomic E-state index is 12.5. The van der Waals surface area contributed by atoms with Gasteiger partial charge in [0, 0.05) is 32.6 Å². The maximum absolute atomic E-state index is 12.5. The zero-order chi connectivity index (χ0) is 15.7. The number of methoxy groups -OCH3 is 1. The monoisotopic (exact) mass is 310 g/mol. The summed E-state index contributed by atoms with van der Waals surface area (Å²) >= 11 is 0. The Hall–Kier alpha value is -1.60. The molecule has 2 aliphatic rings. The van der Waals surface area contributed by atoms with Crippen LogP contribution < -0.4 is 5.56 Å². The number of amides is 1. The van der Waals surface area contributed by atoms with Gasteiger partial charge in [0.15, 0.2) is 0 Å². The number of carbonyl (C=O) groups is 1. The van der Waals surface area contributed by atoms with Crippen molar-refractivity contribution in [2.75, 3.05) is 13.7 Å². The van der Waals surface area contributed by atoms with Crippen molar-refractivity contribution in [3.63, 3.8) is 0 Å². The van der Waals surface area contributed by atoms with Crippen molar-refractivity contribution in [2.24, 2.45) is 0 Å². The van der Waals surface area contributed by atoms with E-state index in [1.54, 1.807) is 7.11 Å². The fraction of sp³-hybridized carbons (Fsp3) is 0.733. The Labute approximate surface area is 128 Å². The molecule has 2 N–H and O–H groups in total. The first-order chi connectivity index (χ1) is 10.5. The third-order valence-electron chi connectivity index (χ3n) is 5.04. The van der Waals surface area contributed by atoms with Crippen molar-refractivity contribution in [1.82, 2.24) is 10.1 Å². The minimum absolute atomic E-state index is 0.0156. The van der Waals surface area contributed by atoms with Gasteiger partial charge in [-0.1, -0.05) is 0 Å². The summed E-state index contributed by atoms with van der Waals surface area (Å²) in [5.41, 5.74) is -0.604. The molecule has 2 heterocycles. The predicted octanol–water partition coefficient (Wildman–Crippen LogP) is 0.431. The van der Waals surface area contributed by atoms with Gasteiger partial charge < -0.3 is 19.3 Å². The van der Waals surface area contributed by atoms with Crippen molar-refractivity contribution >= 4 is 5.91 Å². The lowest BCUT2D eigenvalue weighted by Gasteiger charge is -2.42. The average Bonchev–Trinajstić information content (AvgIpc) is 3.09. The number of aliphatic hydroxyl groups is 1. The minimum Gasteiger partial charge on any atom is -0.393 e. The van der Waals surface area contributed by atoms with Gasteiger partial charge in [0.05, 0.1) is 17.7 Å². The third kappa shape index (κ3) is 2.70. The molecule has 2 fully saturated rings. The number of hydrogen-bond acceptors (Lipinski definition) is 5. The highest BCUT2D eigenvalue weighted by molar-refractivity contribution is 5.77. The van der Waals surface area contributed by atoms with Crippen LogP contribution in [-0.4, -0.2) is 52.5 Å². The third-order valence-corrected chi connectivity index (χ3v) is 5.04. The first-order valence-electron chi connectivity index (χ1n) is 7.74. The molecule has 3 rings (SSSR count). The fourth-order valence-corrected chi connectivity index (χ4v) is 3.79. The first-order valence-corrected chi connectivity index (χ1v) is 7.74. The van der Waals surface area contributed by atoms with Gasteiger partial charge in [-0.25, -0.2) is 0 Å². The number of aromatic nitrogens is 1. The molecule has 1 aromatic rings. The largest absolute Gasteiger partial charge is 0.393 e. The van der Waals surface area contributed by atoms with E-state index in [0.717, 1.165) is 19.3 Å². The van der Waals surface area contributed by atoms with Crippen LogP contribution in [-0.2, 0) is 16.0 Å². The Morgan fingerprint density at radius 1 is 1.59 bits per heavy atom. The summed E-state index contributed by atoms with van der Waals surface area (Å²) in [6.07, 6.45) is 3.19. The van der Waals surface area contributed by atoms with Crippen molar-refractivity contribution < 1.29 is 19.2 Å². The minimum atomic E-state index is -0.371. The van der Waals surface area contributed by atoms with E-state index in [1.165, 1.54) is 6.07 Å². The zero-order valence-corrected chi connectivity index (χ0v) is 12.7. The number of H-pyrrole nitrogens is 1. The van der Waals surface area contributed by atoms with Crippen molar-refractivity contribution in [3.05, 3.63) is 22.2 Å². The van der Waals surface area contributed by atoms with Gasteiger partial charge in [0.25, 0.3) is 5.56 Å². The van der Waals surface area contributed by atoms with Crippen LogP contribution in [0.25, 0.3) is 0 Å². The van der Waals surface area contributed by atoms with E-state index in [-0.39, 0.29) is 35.6 Å². The summed E-state index contributed by atoms with van der Waals surface area (Å²) in [4.78, 5) is 25.3. The zero-order valence-electron chi connectivity index (χ0n) is 12.7. The summed E-state index contributed by atoms with van der Waals surface area (Å²) in [7, 11) is 1.69. The molecule has 1 amide bonds. The molecule has 0 unspecified atom stereocenters. The van der Waals surface area contributed by atoms with Crippen LogP contribution in [0.2, 0.25) is 0 Å². The number of fused-ring (bicyclic) bond motifs is 1. The number of aryl methyl sites for hydroxylation is 1. The van der Waals surface area contributed by atoms with E-state index < -0.39 is 0 Å². The van der Waals surface area contributed by atoms with E-state index in [1.807, 2.05) is 4.90 Å². The number of nitrogens with one attached hydrogen (secondary N) is 1. The second kappa shape index (κ2) is 5.89. The SMILES string of the molecule is CO[C@@]12CC[C@@H](O)C[C@@H]1N(C(=O)CCc1cc(=O)[nH]o1)CC2. The summed E-state index contributed by atoms with van der Waals surface area (Å²) in [5, 5.41) is 12.1. The normalized spacial score (nSPS) is 31.3. The number of aromatic amines is 1. The van der Waals surface area contributed by atoms with Crippen LogP contribution in [0.1, 0.15) is 37.9 Å². The Balaban J connectivity index is 1.66. The molecule has 1 aromatic heterocycles. The van der Waals surface area contributed by atoms with Gasteiger partial charge in [-0.15, -0.1) is 0 Å². The molecule has 1 aliphatic heterocycles. The molecule has 0 aromatic carbocycles. The molecule has 0 bridgehead atoms. The van der Waals surface area contributed by atoms with Crippen LogP contribution in [0.5, 0.6) is 0 Å². The molecule has 1 saturated carbocycles. The molecule has 1 saturated heterocycles. The lowest BCUT2D eigenvalue weighted by atomic mass is 9.79. The Kier molecular flexibility index (Phi) is 4.10. The van der Waals surface area contributed by atoms with Crippen LogP contribution in [0, 0.1) is 0 Å². The summed E-state index contributed by atoms with van der Waals surface area (Å²) in [5.74, 6) is 0.501. The molecule has 3 atom stereocenters. The topological polar surface area (TPSA) is 95.8 Å². The smallest absolute Gasteiger partial charge is 0.280 e. The lowest BCUT2D eigenvalue weighted by molar-refractivity contribution is -0.139. The highest BCUT2D eigenvalue weighted by Crippen LogP contribution is 2.42. The van der Waals surface area contributed by atoms with Crippen LogP contribution in [0.3, 0.4) is 0 Å². The van der Waals surface area contributed by atoms with E-state index in [2.05, 4.69) is 5.16 Å². The molecule has 0 radical (unpaired) electrons. The van der Waals surface area contributed by atoms with Crippen LogP contribution >= 0.6 is 0 Å². The standard InChI is InChI=1S/C15H22N2O5/c1-21-15-5-4-10(18)8-12(15)17(7-6-15)14(20)3-2-11-9-13(19)16-22-11/h9-10,12,18H,2-8H2,1H3,(H,16,19)/t10-,12+,15-/m1/s1. The predicted molar refractivity (Wildman–Crippen MR) is 77.4 cm³/mol. The molecular weight excluding hydrogens is 288 g/mol. The van der Waals surface area contributed by atoms with Gasteiger partial charge in [-0.2, -0.15) is 5.16 Å². The number of aliphatic hydroxyl groups excluding tert-OH is 1. The number of hydrogen-bond donors (Lipinski definition) is 2. The van der Waals surface area contributed by atoms with Crippen LogP contribution in [0.15, 0.2) is 15.4 Å². The highest BCUT2D eigenvalue weighted by atomic mass is 16.5. The van der Waals surface area contributed by atoms with Gasteiger partial charge in [-0.05, 0) is 25.7 Å². The van der Waals surface area contributed by atoms with Gasteiger partial charge in [0.2, 0.25) is 5.91 Å². The number of likely N-dealkylation sites (tertiary alicyclic amines) is 1. The molecule has 1 aliphatic carbocycles. The number of rotatable bonds is 4. The number of carbonyl (C=O) groups excluding carboxylic acids is 1. The number of nitrogens with zero attached hydrogens (tertiary/aromatic N) is 1. The van der Waals surface area contributed by atoms with E-state index in [9.17, 15) is 14.7 Å². The molecular formula is C15H22N2O5. The Morgan fingerprint density at radius 3 is 3.09 bits per heavy atom. The summed E-state index contributed by atoms with van der Waals surface area (Å²) in [6.45, 7) is 0.654. The van der Waals surface area contributed by atoms with Crippen molar-refractivity contribution in [3.8, 4) is 0 Å². The van der Waals surface area contributed by atoms with Gasteiger partial charge in [-0.3, -0.25) is 9.59 Å². The molecule has 22 heavy (non-hydrogen) atoms. The molecule has 7 heteroatoms. The van der Waals surface area contributed by atoms with E-state index >= 15 is 0 Å². The second-order valence-electron chi connectivity index (χ2n) is 6.23. The summed E-state index contributed by atoms with van der Waals surface area (Å²) < 4.78 is 10.7. The van der Waals surface area contributed by atoms with Crippen molar-refractivity contribution in [2.45, 2.75) is 56.3 Å².